The zero-order chi connectivity index (χ0) is 11.5. The fourth-order valence-electron chi connectivity index (χ4n) is 1.83. The minimum atomic E-state index is 0.181. The molecule has 2 heterocycles. The summed E-state index contributed by atoms with van der Waals surface area (Å²) in [6.45, 7) is 3.36. The van der Waals surface area contributed by atoms with Crippen LogP contribution in [0.3, 0.4) is 0 Å². The van der Waals surface area contributed by atoms with Crippen molar-refractivity contribution in [2.45, 2.75) is 26.3 Å². The molecule has 1 atom stereocenters. The molecule has 1 fully saturated rings. The van der Waals surface area contributed by atoms with E-state index in [4.69, 9.17) is 11.6 Å². The third-order valence-corrected chi connectivity index (χ3v) is 3.15. The average molecular weight is 240 g/mol. The molecular formula is C11H14ClN3O. The van der Waals surface area contributed by atoms with Crippen LogP contribution in [0.2, 0.25) is 5.15 Å². The molecule has 1 saturated heterocycles. The molecule has 1 aromatic rings. The number of aromatic nitrogens is 2. The summed E-state index contributed by atoms with van der Waals surface area (Å²) < 4.78 is 0. The largest absolute Gasteiger partial charge is 0.337 e. The lowest BCUT2D eigenvalue weighted by Gasteiger charge is -2.29. The Morgan fingerprint density at radius 3 is 2.94 bits per heavy atom. The van der Waals surface area contributed by atoms with Crippen LogP contribution in [0.1, 0.15) is 25.5 Å². The molecule has 0 aliphatic carbocycles. The Bertz CT molecular complexity index is 397. The zero-order valence-electron chi connectivity index (χ0n) is 9.19. The third-order valence-electron chi connectivity index (χ3n) is 2.83. The molecule has 1 unspecified atom stereocenters. The third kappa shape index (κ3) is 2.50. The van der Waals surface area contributed by atoms with E-state index in [1.807, 2.05) is 0 Å². The van der Waals surface area contributed by atoms with E-state index in [1.165, 1.54) is 0 Å². The molecule has 1 amide bonds. The fraction of sp³-hybridized carbons (Fsp3) is 0.545. The van der Waals surface area contributed by atoms with Crippen LogP contribution in [0.5, 0.6) is 0 Å². The number of amides is 1. The number of hydrogen-bond acceptors (Lipinski definition) is 3. The highest BCUT2D eigenvalue weighted by Gasteiger charge is 2.23. The highest BCUT2D eigenvalue weighted by molar-refractivity contribution is 6.29. The van der Waals surface area contributed by atoms with E-state index in [0.717, 1.165) is 13.0 Å². The first-order valence-corrected chi connectivity index (χ1v) is 5.78. The van der Waals surface area contributed by atoms with Crippen molar-refractivity contribution in [3.63, 3.8) is 0 Å². The maximum atomic E-state index is 11.8. The van der Waals surface area contributed by atoms with E-state index in [0.29, 0.717) is 29.7 Å². The zero-order valence-corrected chi connectivity index (χ0v) is 9.94. The van der Waals surface area contributed by atoms with E-state index in [2.05, 4.69) is 16.9 Å². The Morgan fingerprint density at radius 1 is 1.50 bits per heavy atom. The van der Waals surface area contributed by atoms with Crippen molar-refractivity contribution in [3.05, 3.63) is 23.2 Å². The predicted octanol–water partition coefficient (Wildman–Crippen LogP) is 1.89. The Balaban J connectivity index is 2.05. The monoisotopic (exact) mass is 239 g/mol. The van der Waals surface area contributed by atoms with E-state index in [9.17, 15) is 4.79 Å². The molecule has 1 aliphatic heterocycles. The summed E-state index contributed by atoms with van der Waals surface area (Å²) in [7, 11) is 0. The summed E-state index contributed by atoms with van der Waals surface area (Å²) in [5, 5.41) is 0.383. The number of likely N-dealkylation sites (tertiary alicyclic amines) is 1. The molecule has 0 N–H and O–H groups in total. The SMILES string of the molecule is CC1CCN(Cc2nccnc2Cl)C(=O)C1. The molecule has 0 saturated carbocycles. The fourth-order valence-corrected chi connectivity index (χ4v) is 2.00. The summed E-state index contributed by atoms with van der Waals surface area (Å²) in [5.41, 5.74) is 0.673. The number of carbonyl (C=O) groups is 1. The van der Waals surface area contributed by atoms with Crippen LogP contribution in [0.15, 0.2) is 12.4 Å². The molecule has 0 radical (unpaired) electrons. The van der Waals surface area contributed by atoms with Gasteiger partial charge in [-0.25, -0.2) is 4.98 Å². The lowest BCUT2D eigenvalue weighted by Crippen LogP contribution is -2.37. The molecular weight excluding hydrogens is 226 g/mol. The summed E-state index contributed by atoms with van der Waals surface area (Å²) in [5.74, 6) is 0.668. The van der Waals surface area contributed by atoms with Crippen molar-refractivity contribution in [2.24, 2.45) is 5.92 Å². The van der Waals surface area contributed by atoms with Crippen LogP contribution in [0, 0.1) is 5.92 Å². The number of carbonyl (C=O) groups excluding carboxylic acids is 1. The molecule has 0 bridgehead atoms. The van der Waals surface area contributed by atoms with Crippen molar-refractivity contribution in [1.29, 1.82) is 0 Å². The Hall–Kier alpha value is -1.16. The first-order chi connectivity index (χ1) is 7.66. The molecule has 16 heavy (non-hydrogen) atoms. The maximum Gasteiger partial charge on any atom is 0.223 e. The van der Waals surface area contributed by atoms with Crippen LogP contribution < -0.4 is 0 Å². The van der Waals surface area contributed by atoms with Gasteiger partial charge in [0.2, 0.25) is 5.91 Å². The highest BCUT2D eigenvalue weighted by Crippen LogP contribution is 2.20. The Labute approximate surface area is 99.6 Å². The molecule has 86 valence electrons. The van der Waals surface area contributed by atoms with Gasteiger partial charge in [-0.3, -0.25) is 9.78 Å². The topological polar surface area (TPSA) is 46.1 Å². The highest BCUT2D eigenvalue weighted by atomic mass is 35.5. The smallest absolute Gasteiger partial charge is 0.223 e. The second-order valence-electron chi connectivity index (χ2n) is 4.21. The maximum absolute atomic E-state index is 11.8. The van der Waals surface area contributed by atoms with Gasteiger partial charge in [-0.15, -0.1) is 0 Å². The van der Waals surface area contributed by atoms with Crippen LogP contribution in [0.4, 0.5) is 0 Å². The molecule has 0 spiro atoms. The van der Waals surface area contributed by atoms with Crippen molar-refractivity contribution >= 4 is 17.5 Å². The first-order valence-electron chi connectivity index (χ1n) is 5.40. The molecule has 2 rings (SSSR count). The number of hydrogen-bond donors (Lipinski definition) is 0. The summed E-state index contributed by atoms with van der Waals surface area (Å²) >= 11 is 5.91. The lowest BCUT2D eigenvalue weighted by molar-refractivity contribution is -0.135. The Kier molecular flexibility index (Phi) is 3.39. The number of rotatable bonds is 2. The van der Waals surface area contributed by atoms with Crippen molar-refractivity contribution < 1.29 is 4.79 Å². The standard InChI is InChI=1S/C11H14ClN3O/c1-8-2-5-15(10(16)6-8)7-9-11(12)14-4-3-13-9/h3-4,8H,2,5-7H2,1H3. The second kappa shape index (κ2) is 4.78. The van der Waals surface area contributed by atoms with Gasteiger partial charge < -0.3 is 4.90 Å². The first kappa shape index (κ1) is 11.3. The Morgan fingerprint density at radius 2 is 2.25 bits per heavy atom. The molecule has 4 nitrogen and oxygen atoms in total. The van der Waals surface area contributed by atoms with Gasteiger partial charge >= 0.3 is 0 Å². The van der Waals surface area contributed by atoms with Gasteiger partial charge in [0.25, 0.3) is 0 Å². The summed E-state index contributed by atoms with van der Waals surface area (Å²) in [6.07, 6.45) is 4.81. The van der Waals surface area contributed by atoms with E-state index < -0.39 is 0 Å². The van der Waals surface area contributed by atoms with Gasteiger partial charge in [-0.05, 0) is 12.3 Å². The van der Waals surface area contributed by atoms with Gasteiger partial charge in [0, 0.05) is 25.4 Å². The van der Waals surface area contributed by atoms with Gasteiger partial charge in [0.1, 0.15) is 0 Å². The van der Waals surface area contributed by atoms with Gasteiger partial charge in [-0.1, -0.05) is 18.5 Å². The van der Waals surface area contributed by atoms with E-state index in [-0.39, 0.29) is 5.91 Å². The van der Waals surface area contributed by atoms with Crippen molar-refractivity contribution in [3.8, 4) is 0 Å². The van der Waals surface area contributed by atoms with E-state index >= 15 is 0 Å². The van der Waals surface area contributed by atoms with Crippen molar-refractivity contribution in [1.82, 2.24) is 14.9 Å². The molecule has 0 aromatic carbocycles. The summed E-state index contributed by atoms with van der Waals surface area (Å²) in [6, 6.07) is 0. The predicted molar refractivity (Wildman–Crippen MR) is 60.9 cm³/mol. The van der Waals surface area contributed by atoms with Gasteiger partial charge in [0.15, 0.2) is 5.15 Å². The summed E-state index contributed by atoms with van der Waals surface area (Å²) in [4.78, 5) is 21.6. The van der Waals surface area contributed by atoms with Crippen LogP contribution in [-0.2, 0) is 11.3 Å². The van der Waals surface area contributed by atoms with Gasteiger partial charge in [-0.2, -0.15) is 0 Å². The van der Waals surface area contributed by atoms with Crippen molar-refractivity contribution in [2.75, 3.05) is 6.54 Å². The minimum Gasteiger partial charge on any atom is -0.337 e. The van der Waals surface area contributed by atoms with Gasteiger partial charge in [0.05, 0.1) is 12.2 Å². The van der Waals surface area contributed by atoms with Crippen LogP contribution in [-0.4, -0.2) is 27.3 Å². The van der Waals surface area contributed by atoms with Crippen LogP contribution >= 0.6 is 11.6 Å². The number of halogens is 1. The number of piperidine rings is 1. The minimum absolute atomic E-state index is 0.181. The number of nitrogens with zero attached hydrogens (tertiary/aromatic N) is 3. The molecule has 1 aliphatic rings. The van der Waals surface area contributed by atoms with E-state index in [1.54, 1.807) is 17.3 Å². The molecule has 5 heteroatoms. The normalized spacial score (nSPS) is 21.2. The van der Waals surface area contributed by atoms with Crippen LogP contribution in [0.25, 0.3) is 0 Å². The average Bonchev–Trinajstić information content (AvgIpc) is 2.25. The second-order valence-corrected chi connectivity index (χ2v) is 4.57. The lowest BCUT2D eigenvalue weighted by atomic mass is 9.98. The molecule has 1 aromatic heterocycles. The quantitative estimate of drug-likeness (QED) is 0.792.